The minimum absolute atomic E-state index is 0.122. The number of amides is 1. The molecule has 0 spiro atoms. The van der Waals surface area contributed by atoms with Gasteiger partial charge in [0.15, 0.2) is 0 Å². The molecule has 2 aromatic heterocycles. The maximum atomic E-state index is 13.0. The second kappa shape index (κ2) is 11.4. The van der Waals surface area contributed by atoms with E-state index in [2.05, 4.69) is 39.2 Å². The van der Waals surface area contributed by atoms with Gasteiger partial charge in [0.05, 0.1) is 16.3 Å². The summed E-state index contributed by atoms with van der Waals surface area (Å²) in [7, 11) is 0. The summed E-state index contributed by atoms with van der Waals surface area (Å²) in [5.41, 5.74) is 3.27. The Hall–Kier alpha value is -2.96. The van der Waals surface area contributed by atoms with Crippen molar-refractivity contribution >= 4 is 23.3 Å². The lowest BCUT2D eigenvalue weighted by Crippen LogP contribution is -2.44. The summed E-state index contributed by atoms with van der Waals surface area (Å²) < 4.78 is 0. The molecule has 1 N–H and O–H groups in total. The zero-order chi connectivity index (χ0) is 24.9. The molecule has 0 atom stereocenters. The molecule has 0 saturated carbocycles. The number of hydrogen-bond donors (Lipinski definition) is 1. The SMILES string of the molecule is CC1CCN(c2ccc(CN3CCC(NC(=O)c4cccc(-c5ccccn5)c4Cl)CC3)cn2)CC1. The number of carbonyl (C=O) groups is 1. The molecule has 5 rings (SSSR count). The molecule has 0 radical (unpaired) electrons. The minimum Gasteiger partial charge on any atom is -0.357 e. The van der Waals surface area contributed by atoms with Gasteiger partial charge in [0.1, 0.15) is 5.82 Å². The third-order valence-electron chi connectivity index (χ3n) is 7.43. The molecule has 0 bridgehead atoms. The van der Waals surface area contributed by atoms with Crippen molar-refractivity contribution < 1.29 is 4.79 Å². The first-order chi connectivity index (χ1) is 17.6. The molecular weight excluding hydrogens is 470 g/mol. The standard InChI is InChI=1S/C29H34ClN5O/c1-21-10-17-35(18-11-21)27-9-8-22(19-32-27)20-34-15-12-23(13-16-34)33-29(36)25-6-4-5-24(28(25)30)26-7-2-3-14-31-26/h2-9,14,19,21,23H,10-13,15-18,20H2,1H3,(H,33,36). The van der Waals surface area contributed by atoms with Gasteiger partial charge in [-0.2, -0.15) is 0 Å². The number of anilines is 1. The topological polar surface area (TPSA) is 61.4 Å². The van der Waals surface area contributed by atoms with E-state index in [4.69, 9.17) is 16.6 Å². The number of nitrogens with zero attached hydrogens (tertiary/aromatic N) is 4. The summed E-state index contributed by atoms with van der Waals surface area (Å²) in [5.74, 6) is 1.79. The number of carbonyl (C=O) groups excluding carboxylic acids is 1. The van der Waals surface area contributed by atoms with Gasteiger partial charge >= 0.3 is 0 Å². The minimum atomic E-state index is -0.122. The fourth-order valence-corrected chi connectivity index (χ4v) is 5.43. The Morgan fingerprint density at radius 2 is 1.78 bits per heavy atom. The number of likely N-dealkylation sites (tertiary alicyclic amines) is 1. The van der Waals surface area contributed by atoms with E-state index in [1.54, 1.807) is 12.3 Å². The number of halogens is 1. The van der Waals surface area contributed by atoms with Crippen LogP contribution in [0.15, 0.2) is 60.9 Å². The number of hydrogen-bond acceptors (Lipinski definition) is 5. The van der Waals surface area contributed by atoms with Crippen LogP contribution in [-0.4, -0.2) is 53.0 Å². The Morgan fingerprint density at radius 1 is 0.972 bits per heavy atom. The highest BCUT2D eigenvalue weighted by Gasteiger charge is 2.23. The molecule has 3 aromatic rings. The monoisotopic (exact) mass is 503 g/mol. The average molecular weight is 504 g/mol. The van der Waals surface area contributed by atoms with Crippen LogP contribution in [0.25, 0.3) is 11.3 Å². The van der Waals surface area contributed by atoms with Crippen LogP contribution in [0.4, 0.5) is 5.82 Å². The molecule has 2 saturated heterocycles. The van der Waals surface area contributed by atoms with Crippen LogP contribution in [0.2, 0.25) is 5.02 Å². The lowest BCUT2D eigenvalue weighted by molar-refractivity contribution is 0.0909. The van der Waals surface area contributed by atoms with E-state index in [0.29, 0.717) is 10.6 Å². The first kappa shape index (κ1) is 24.7. The van der Waals surface area contributed by atoms with E-state index in [1.165, 1.54) is 18.4 Å². The summed E-state index contributed by atoms with van der Waals surface area (Å²) in [6.07, 6.45) is 8.08. The number of piperidine rings is 2. The maximum Gasteiger partial charge on any atom is 0.253 e. The molecule has 0 unspecified atom stereocenters. The van der Waals surface area contributed by atoms with Gasteiger partial charge in [0.25, 0.3) is 5.91 Å². The van der Waals surface area contributed by atoms with Gasteiger partial charge in [0.2, 0.25) is 0 Å². The van der Waals surface area contributed by atoms with Crippen molar-refractivity contribution in [1.82, 2.24) is 20.2 Å². The van der Waals surface area contributed by atoms with E-state index in [1.807, 2.05) is 36.5 Å². The van der Waals surface area contributed by atoms with Crippen molar-refractivity contribution in [1.29, 1.82) is 0 Å². The smallest absolute Gasteiger partial charge is 0.253 e. The fraction of sp³-hybridized carbons (Fsp3) is 0.414. The normalized spacial score (nSPS) is 17.8. The van der Waals surface area contributed by atoms with E-state index >= 15 is 0 Å². The van der Waals surface area contributed by atoms with Crippen LogP contribution >= 0.6 is 11.6 Å². The van der Waals surface area contributed by atoms with E-state index in [-0.39, 0.29) is 11.9 Å². The number of nitrogens with one attached hydrogen (secondary N) is 1. The highest BCUT2D eigenvalue weighted by atomic mass is 35.5. The van der Waals surface area contributed by atoms with Crippen molar-refractivity contribution in [3.05, 3.63) is 77.1 Å². The van der Waals surface area contributed by atoms with Crippen molar-refractivity contribution in [2.24, 2.45) is 5.92 Å². The number of rotatable bonds is 6. The molecule has 4 heterocycles. The molecule has 1 amide bonds. The van der Waals surface area contributed by atoms with Gasteiger partial charge in [-0.25, -0.2) is 4.98 Å². The lowest BCUT2D eigenvalue weighted by atomic mass is 9.99. The molecule has 1 aromatic carbocycles. The van der Waals surface area contributed by atoms with Crippen LogP contribution in [-0.2, 0) is 6.54 Å². The van der Waals surface area contributed by atoms with Gasteiger partial charge in [-0.1, -0.05) is 42.8 Å². The first-order valence-corrected chi connectivity index (χ1v) is 13.4. The van der Waals surface area contributed by atoms with E-state index in [9.17, 15) is 4.79 Å². The Kier molecular flexibility index (Phi) is 7.83. The quantitative estimate of drug-likeness (QED) is 0.486. The summed E-state index contributed by atoms with van der Waals surface area (Å²) in [6.45, 7) is 7.31. The Balaban J connectivity index is 1.12. The van der Waals surface area contributed by atoms with Gasteiger partial charge in [-0.15, -0.1) is 0 Å². The predicted molar refractivity (Wildman–Crippen MR) is 145 cm³/mol. The Labute approximate surface area is 218 Å². The third-order valence-corrected chi connectivity index (χ3v) is 7.84. The molecule has 7 heteroatoms. The van der Waals surface area contributed by atoms with E-state index < -0.39 is 0 Å². The summed E-state index contributed by atoms with van der Waals surface area (Å²) in [5, 5.41) is 3.64. The van der Waals surface area contributed by atoms with Crippen molar-refractivity contribution in [3.63, 3.8) is 0 Å². The second-order valence-electron chi connectivity index (χ2n) is 10.1. The molecule has 6 nitrogen and oxygen atoms in total. The van der Waals surface area contributed by atoms with Crippen LogP contribution in [0.5, 0.6) is 0 Å². The third kappa shape index (κ3) is 5.88. The molecule has 36 heavy (non-hydrogen) atoms. The van der Waals surface area contributed by atoms with Gasteiger partial charge < -0.3 is 10.2 Å². The largest absolute Gasteiger partial charge is 0.357 e. The maximum absolute atomic E-state index is 13.0. The van der Waals surface area contributed by atoms with Crippen molar-refractivity contribution in [3.8, 4) is 11.3 Å². The van der Waals surface area contributed by atoms with Crippen LogP contribution in [0, 0.1) is 5.92 Å². The van der Waals surface area contributed by atoms with E-state index in [0.717, 1.165) is 68.6 Å². The molecule has 0 aliphatic carbocycles. The Morgan fingerprint density at radius 3 is 2.47 bits per heavy atom. The molecular formula is C29H34ClN5O. The average Bonchev–Trinajstić information content (AvgIpc) is 2.91. The highest BCUT2D eigenvalue weighted by molar-refractivity contribution is 6.36. The lowest BCUT2D eigenvalue weighted by Gasteiger charge is -2.33. The summed E-state index contributed by atoms with van der Waals surface area (Å²) >= 11 is 6.62. The van der Waals surface area contributed by atoms with Gasteiger partial charge in [0, 0.05) is 56.7 Å². The van der Waals surface area contributed by atoms with Crippen LogP contribution in [0.3, 0.4) is 0 Å². The molecule has 2 aliphatic rings. The second-order valence-corrected chi connectivity index (χ2v) is 10.5. The van der Waals surface area contributed by atoms with Gasteiger partial charge in [-0.05, 0) is 61.4 Å². The number of pyridine rings is 2. The molecule has 188 valence electrons. The zero-order valence-corrected chi connectivity index (χ0v) is 21.6. The predicted octanol–water partition coefficient (Wildman–Crippen LogP) is 5.43. The van der Waals surface area contributed by atoms with Crippen molar-refractivity contribution in [2.75, 3.05) is 31.1 Å². The highest BCUT2D eigenvalue weighted by Crippen LogP contribution is 2.29. The zero-order valence-electron chi connectivity index (χ0n) is 20.9. The van der Waals surface area contributed by atoms with Crippen molar-refractivity contribution in [2.45, 2.75) is 45.2 Å². The van der Waals surface area contributed by atoms with Crippen LogP contribution in [0.1, 0.15) is 48.5 Å². The van der Waals surface area contributed by atoms with Gasteiger partial charge in [-0.3, -0.25) is 14.7 Å². The number of aromatic nitrogens is 2. The summed E-state index contributed by atoms with van der Waals surface area (Å²) in [4.78, 5) is 27.0. The fourth-order valence-electron chi connectivity index (χ4n) is 5.12. The summed E-state index contributed by atoms with van der Waals surface area (Å²) in [6, 6.07) is 15.7. The molecule has 2 aliphatic heterocycles. The Bertz CT molecular complexity index is 1150. The molecule has 2 fully saturated rings. The number of benzene rings is 1. The first-order valence-electron chi connectivity index (χ1n) is 13.0. The van der Waals surface area contributed by atoms with Crippen LogP contribution < -0.4 is 10.2 Å².